The van der Waals surface area contributed by atoms with Crippen molar-refractivity contribution in [3.8, 4) is 0 Å². The van der Waals surface area contributed by atoms with E-state index >= 15 is 0 Å². The summed E-state index contributed by atoms with van der Waals surface area (Å²) < 4.78 is 17.9. The van der Waals surface area contributed by atoms with Crippen LogP contribution in [0.15, 0.2) is 0 Å². The van der Waals surface area contributed by atoms with Gasteiger partial charge in [-0.05, 0) is 31.1 Å². The van der Waals surface area contributed by atoms with Crippen molar-refractivity contribution in [1.82, 2.24) is 4.90 Å². The molecule has 0 saturated carbocycles. The zero-order valence-electron chi connectivity index (χ0n) is 18.2. The highest BCUT2D eigenvalue weighted by molar-refractivity contribution is 7.52. The summed E-state index contributed by atoms with van der Waals surface area (Å²) in [7, 11) is -3.54. The molecule has 0 rings (SSSR count). The zero-order valence-corrected chi connectivity index (χ0v) is 19.1. The molecule has 4 nitrogen and oxygen atoms in total. The number of rotatable bonds is 18. The van der Waals surface area contributed by atoms with Crippen LogP contribution < -0.4 is 0 Å². The van der Waals surface area contributed by atoms with Gasteiger partial charge in [-0.15, -0.1) is 0 Å². The summed E-state index contributed by atoms with van der Waals surface area (Å²) in [4.78, 5) is 12.6. The van der Waals surface area contributed by atoms with Crippen LogP contribution in [0.4, 0.5) is 0 Å². The number of hydrogen-bond acceptors (Lipinski definition) is 3. The number of hydrogen-bond donors (Lipinski definition) is 1. The van der Waals surface area contributed by atoms with E-state index in [0.717, 1.165) is 38.8 Å². The second-order valence-corrected chi connectivity index (χ2v) is 9.65. The van der Waals surface area contributed by atoms with E-state index in [2.05, 4.69) is 39.5 Å². The van der Waals surface area contributed by atoms with E-state index in [1.807, 2.05) is 0 Å². The molecule has 3 atom stereocenters. The Bertz CT molecular complexity index is 347. The molecule has 1 N–H and O–H groups in total. The molecule has 0 radical (unpaired) electrons. The summed E-state index contributed by atoms with van der Waals surface area (Å²) in [5.41, 5.74) is 0. The van der Waals surface area contributed by atoms with Crippen molar-refractivity contribution < 1.29 is 14.0 Å². The Morgan fingerprint density at radius 3 is 1.69 bits per heavy atom. The van der Waals surface area contributed by atoms with Crippen LogP contribution in [0.3, 0.4) is 0 Å². The molecule has 0 spiro atoms. The molecule has 0 aliphatic heterocycles. The lowest BCUT2D eigenvalue weighted by atomic mass is 9.96. The highest BCUT2D eigenvalue weighted by Crippen LogP contribution is 2.43. The predicted molar refractivity (Wildman–Crippen MR) is 114 cm³/mol. The first-order chi connectivity index (χ1) is 12.4. The van der Waals surface area contributed by atoms with Gasteiger partial charge in [0.2, 0.25) is 0 Å². The fourth-order valence-electron chi connectivity index (χ4n) is 3.40. The molecule has 0 amide bonds. The lowest BCUT2D eigenvalue weighted by Crippen LogP contribution is -2.35. The summed E-state index contributed by atoms with van der Waals surface area (Å²) in [5, 5.41) is 0. The van der Waals surface area contributed by atoms with Gasteiger partial charge in [0.15, 0.2) is 0 Å². The van der Waals surface area contributed by atoms with Crippen molar-refractivity contribution >= 4 is 7.60 Å². The molecule has 0 fully saturated rings. The van der Waals surface area contributed by atoms with Crippen LogP contribution in [0, 0.1) is 11.8 Å². The number of unbranched alkanes of at least 4 members (excludes halogenated alkanes) is 3. The first-order valence-electron chi connectivity index (χ1n) is 11.1. The van der Waals surface area contributed by atoms with E-state index in [4.69, 9.17) is 4.52 Å². The van der Waals surface area contributed by atoms with Gasteiger partial charge in [-0.2, -0.15) is 0 Å². The van der Waals surface area contributed by atoms with Crippen molar-refractivity contribution in [2.45, 2.75) is 98.8 Å². The van der Waals surface area contributed by atoms with Crippen LogP contribution in [0.2, 0.25) is 0 Å². The van der Waals surface area contributed by atoms with Crippen molar-refractivity contribution in [2.24, 2.45) is 11.8 Å². The molecule has 0 aromatic rings. The maximum atomic E-state index is 12.6. The summed E-state index contributed by atoms with van der Waals surface area (Å²) in [6.45, 7) is 13.2. The molecule has 3 unspecified atom stereocenters. The summed E-state index contributed by atoms with van der Waals surface area (Å²) in [6, 6.07) is 0. The normalized spacial score (nSPS) is 16.6. The first-order valence-corrected chi connectivity index (χ1v) is 12.9. The Morgan fingerprint density at radius 2 is 1.31 bits per heavy atom. The fourth-order valence-corrected chi connectivity index (χ4v) is 4.63. The second kappa shape index (κ2) is 16.1. The molecule has 5 heteroatoms. The Morgan fingerprint density at radius 1 is 0.846 bits per heavy atom. The molecule has 0 saturated heterocycles. The van der Waals surface area contributed by atoms with Crippen LogP contribution in [-0.4, -0.2) is 35.8 Å². The van der Waals surface area contributed by atoms with Gasteiger partial charge in [-0.1, -0.05) is 79.6 Å². The monoisotopic (exact) mass is 391 g/mol. The topological polar surface area (TPSA) is 49.8 Å². The molecule has 0 aliphatic rings. The molecule has 0 heterocycles. The van der Waals surface area contributed by atoms with Crippen LogP contribution >= 0.6 is 7.60 Å². The zero-order chi connectivity index (χ0) is 19.8. The smallest absolute Gasteiger partial charge is 0.323 e. The average molecular weight is 392 g/mol. The first kappa shape index (κ1) is 26.1. The van der Waals surface area contributed by atoms with Crippen molar-refractivity contribution in [2.75, 3.05) is 26.0 Å². The standard InChI is InChI=1S/C21H46NO3P/c1-6-11-14-20(9-4)17-22(18-21(10-5)15-12-7-2)19-26(23,24)25-16-13-8-3/h20-21H,6-19H2,1-5H3,(H,23,24). The Hall–Kier alpha value is 0.110. The van der Waals surface area contributed by atoms with Crippen LogP contribution in [0.25, 0.3) is 0 Å². The minimum Gasteiger partial charge on any atom is -0.323 e. The van der Waals surface area contributed by atoms with E-state index in [0.29, 0.717) is 18.4 Å². The van der Waals surface area contributed by atoms with E-state index in [1.165, 1.54) is 38.5 Å². The van der Waals surface area contributed by atoms with E-state index in [9.17, 15) is 9.46 Å². The van der Waals surface area contributed by atoms with Crippen molar-refractivity contribution in [1.29, 1.82) is 0 Å². The molecule has 0 aromatic carbocycles. The lowest BCUT2D eigenvalue weighted by molar-refractivity contribution is 0.179. The van der Waals surface area contributed by atoms with Gasteiger partial charge in [0.05, 0.1) is 6.61 Å². The molecule has 158 valence electrons. The maximum absolute atomic E-state index is 12.6. The van der Waals surface area contributed by atoms with Gasteiger partial charge >= 0.3 is 7.60 Å². The van der Waals surface area contributed by atoms with Gasteiger partial charge in [-0.25, -0.2) is 0 Å². The molecule has 0 bridgehead atoms. The molecular weight excluding hydrogens is 345 g/mol. The second-order valence-electron chi connectivity index (χ2n) is 7.83. The summed E-state index contributed by atoms with van der Waals surface area (Å²) in [5.74, 6) is 1.21. The van der Waals surface area contributed by atoms with Gasteiger partial charge in [0, 0.05) is 13.1 Å². The number of nitrogens with zero attached hydrogens (tertiary/aromatic N) is 1. The van der Waals surface area contributed by atoms with Gasteiger partial charge in [0.1, 0.15) is 6.29 Å². The van der Waals surface area contributed by atoms with E-state index in [-0.39, 0.29) is 6.29 Å². The maximum Gasteiger partial charge on any atom is 0.341 e. The van der Waals surface area contributed by atoms with Crippen molar-refractivity contribution in [3.63, 3.8) is 0 Å². The fraction of sp³-hybridized carbons (Fsp3) is 1.00. The highest BCUT2D eigenvalue weighted by atomic mass is 31.2. The minimum atomic E-state index is -3.54. The van der Waals surface area contributed by atoms with Gasteiger partial charge < -0.3 is 9.42 Å². The van der Waals surface area contributed by atoms with Crippen molar-refractivity contribution in [3.05, 3.63) is 0 Å². The Labute approximate surface area is 163 Å². The third-order valence-corrected chi connectivity index (χ3v) is 6.63. The van der Waals surface area contributed by atoms with E-state index in [1.54, 1.807) is 0 Å². The molecular formula is C21H46NO3P. The summed E-state index contributed by atoms with van der Waals surface area (Å²) in [6.07, 6.45) is 11.6. The Kier molecular flexibility index (Phi) is 16.2. The van der Waals surface area contributed by atoms with Gasteiger partial charge in [-0.3, -0.25) is 9.46 Å². The SMILES string of the molecule is CCCCOP(=O)(O)CN(CC(CC)CCCC)CC(CC)CCCC. The lowest BCUT2D eigenvalue weighted by Gasteiger charge is -2.31. The third kappa shape index (κ3) is 13.3. The van der Waals surface area contributed by atoms with Crippen LogP contribution in [-0.2, 0) is 9.09 Å². The average Bonchev–Trinajstić information content (AvgIpc) is 2.61. The molecule has 0 aromatic heterocycles. The highest BCUT2D eigenvalue weighted by Gasteiger charge is 2.26. The molecule has 26 heavy (non-hydrogen) atoms. The third-order valence-electron chi connectivity index (χ3n) is 5.29. The predicted octanol–water partition coefficient (Wildman–Crippen LogP) is 6.68. The molecule has 0 aliphatic carbocycles. The summed E-state index contributed by atoms with van der Waals surface area (Å²) >= 11 is 0. The van der Waals surface area contributed by atoms with Crippen LogP contribution in [0.5, 0.6) is 0 Å². The largest absolute Gasteiger partial charge is 0.341 e. The Balaban J connectivity index is 4.91. The van der Waals surface area contributed by atoms with Gasteiger partial charge in [0.25, 0.3) is 0 Å². The minimum absolute atomic E-state index is 0.183. The van der Waals surface area contributed by atoms with Crippen LogP contribution in [0.1, 0.15) is 98.8 Å². The quantitative estimate of drug-likeness (QED) is 0.209. The van der Waals surface area contributed by atoms with E-state index < -0.39 is 7.60 Å².